The lowest BCUT2D eigenvalue weighted by molar-refractivity contribution is -0.152. The summed E-state index contributed by atoms with van der Waals surface area (Å²) in [4.78, 5) is 14.3. The molecule has 3 rings (SSSR count). The molecule has 1 aromatic rings. The second-order valence-electron chi connectivity index (χ2n) is 4.95. The van der Waals surface area contributed by atoms with E-state index in [2.05, 4.69) is 5.16 Å². The highest BCUT2D eigenvalue weighted by atomic mass is 16.5. The zero-order valence-corrected chi connectivity index (χ0v) is 9.94. The monoisotopic (exact) mass is 236 g/mol. The van der Waals surface area contributed by atoms with Crippen LogP contribution >= 0.6 is 0 Å². The average molecular weight is 236 g/mol. The van der Waals surface area contributed by atoms with Crippen LogP contribution in [0.4, 0.5) is 0 Å². The maximum Gasteiger partial charge on any atom is 0.254 e. The largest absolute Gasteiger partial charge is 0.365 e. The Morgan fingerprint density at radius 1 is 1.59 bits per heavy atom. The standard InChI is InChI=1S/C12H16N2O3/c1-12(4-2-6-16-12)11(15)14-5-3-10-9(7-14)8-17-13-10/h8H,2-7H2,1H3/t12-/m0/s1. The third-order valence-electron chi connectivity index (χ3n) is 3.67. The van der Waals surface area contributed by atoms with E-state index < -0.39 is 5.60 Å². The molecule has 0 saturated carbocycles. The van der Waals surface area contributed by atoms with Crippen molar-refractivity contribution in [1.82, 2.24) is 10.1 Å². The number of fused-ring (bicyclic) bond motifs is 1. The molecule has 0 spiro atoms. The average Bonchev–Trinajstić information content (AvgIpc) is 2.96. The quantitative estimate of drug-likeness (QED) is 0.733. The van der Waals surface area contributed by atoms with Gasteiger partial charge in [-0.15, -0.1) is 0 Å². The number of amides is 1. The summed E-state index contributed by atoms with van der Waals surface area (Å²) in [6.07, 6.45) is 4.19. The van der Waals surface area contributed by atoms with Gasteiger partial charge in [0.05, 0.1) is 12.2 Å². The fourth-order valence-electron chi connectivity index (χ4n) is 2.60. The van der Waals surface area contributed by atoms with Gasteiger partial charge in [-0.25, -0.2) is 0 Å². The van der Waals surface area contributed by atoms with E-state index in [1.165, 1.54) is 0 Å². The number of hydrogen-bond acceptors (Lipinski definition) is 4. The molecule has 0 radical (unpaired) electrons. The van der Waals surface area contributed by atoms with E-state index in [9.17, 15) is 4.79 Å². The van der Waals surface area contributed by atoms with Crippen LogP contribution in [0.3, 0.4) is 0 Å². The molecule has 5 nitrogen and oxygen atoms in total. The summed E-state index contributed by atoms with van der Waals surface area (Å²) in [5.74, 6) is 0.0989. The molecular formula is C12H16N2O3. The molecule has 1 atom stereocenters. The van der Waals surface area contributed by atoms with Gasteiger partial charge in [-0.1, -0.05) is 5.16 Å². The van der Waals surface area contributed by atoms with Crippen LogP contribution in [0.1, 0.15) is 31.0 Å². The first-order chi connectivity index (χ1) is 8.19. The second-order valence-corrected chi connectivity index (χ2v) is 4.95. The smallest absolute Gasteiger partial charge is 0.254 e. The summed E-state index contributed by atoms with van der Waals surface area (Å²) in [6.45, 7) is 3.88. The lowest BCUT2D eigenvalue weighted by atomic mass is 9.99. The number of carbonyl (C=O) groups is 1. The first kappa shape index (κ1) is 10.8. The van der Waals surface area contributed by atoms with Gasteiger partial charge in [0.25, 0.3) is 5.91 Å². The second kappa shape index (κ2) is 3.84. The first-order valence-corrected chi connectivity index (χ1v) is 6.04. The SMILES string of the molecule is C[C@@]1(C(=O)N2CCc3nocc3C2)CCCO1. The molecule has 5 heteroatoms. The fourth-order valence-corrected chi connectivity index (χ4v) is 2.60. The van der Waals surface area contributed by atoms with Crippen molar-refractivity contribution in [2.75, 3.05) is 13.2 Å². The Hall–Kier alpha value is -1.36. The van der Waals surface area contributed by atoms with E-state index in [0.717, 1.165) is 30.5 Å². The van der Waals surface area contributed by atoms with Crippen LogP contribution < -0.4 is 0 Å². The summed E-state index contributed by atoms with van der Waals surface area (Å²) in [7, 11) is 0. The maximum absolute atomic E-state index is 12.4. The fraction of sp³-hybridized carbons (Fsp3) is 0.667. The molecule has 0 N–H and O–H groups in total. The van der Waals surface area contributed by atoms with Crippen LogP contribution in [-0.4, -0.2) is 34.7 Å². The molecule has 3 heterocycles. The minimum absolute atomic E-state index is 0.0989. The maximum atomic E-state index is 12.4. The molecule has 1 aromatic heterocycles. The highest BCUT2D eigenvalue weighted by Crippen LogP contribution is 2.29. The van der Waals surface area contributed by atoms with Crippen LogP contribution in [0.15, 0.2) is 10.8 Å². The molecule has 1 saturated heterocycles. The van der Waals surface area contributed by atoms with Crippen molar-refractivity contribution < 1.29 is 14.1 Å². The third kappa shape index (κ3) is 1.74. The number of ether oxygens (including phenoxy) is 1. The molecule has 0 unspecified atom stereocenters. The lowest BCUT2D eigenvalue weighted by Crippen LogP contribution is -2.48. The van der Waals surface area contributed by atoms with Crippen molar-refractivity contribution in [1.29, 1.82) is 0 Å². The number of aromatic nitrogens is 1. The molecule has 92 valence electrons. The van der Waals surface area contributed by atoms with Crippen LogP contribution in [0.5, 0.6) is 0 Å². The molecule has 0 bridgehead atoms. The number of nitrogens with zero attached hydrogens (tertiary/aromatic N) is 2. The zero-order valence-electron chi connectivity index (χ0n) is 9.94. The van der Waals surface area contributed by atoms with Crippen molar-refractivity contribution in [2.24, 2.45) is 0 Å². The summed E-state index contributed by atoms with van der Waals surface area (Å²) in [6, 6.07) is 0. The number of carbonyl (C=O) groups excluding carboxylic acids is 1. The Balaban J connectivity index is 1.76. The Morgan fingerprint density at radius 3 is 3.24 bits per heavy atom. The molecule has 0 aromatic carbocycles. The predicted octanol–water partition coefficient (Wildman–Crippen LogP) is 1.13. The summed E-state index contributed by atoms with van der Waals surface area (Å²) < 4.78 is 10.5. The topological polar surface area (TPSA) is 55.6 Å². The summed E-state index contributed by atoms with van der Waals surface area (Å²) in [5.41, 5.74) is 1.38. The van der Waals surface area contributed by atoms with E-state index >= 15 is 0 Å². The highest BCUT2D eigenvalue weighted by Gasteiger charge is 2.41. The van der Waals surface area contributed by atoms with Gasteiger partial charge in [0.2, 0.25) is 0 Å². The molecule has 1 amide bonds. The Bertz CT molecular complexity index is 435. The lowest BCUT2D eigenvalue weighted by Gasteiger charge is -2.32. The van der Waals surface area contributed by atoms with E-state index in [4.69, 9.17) is 9.26 Å². The van der Waals surface area contributed by atoms with Crippen molar-refractivity contribution in [2.45, 2.75) is 38.3 Å². The van der Waals surface area contributed by atoms with Crippen LogP contribution in [0.25, 0.3) is 0 Å². The van der Waals surface area contributed by atoms with Gasteiger partial charge in [0, 0.05) is 25.1 Å². The Kier molecular flexibility index (Phi) is 2.43. The van der Waals surface area contributed by atoms with E-state index in [1.54, 1.807) is 6.26 Å². The van der Waals surface area contributed by atoms with Gasteiger partial charge < -0.3 is 14.2 Å². The van der Waals surface area contributed by atoms with Gasteiger partial charge in [-0.05, 0) is 19.8 Å². The van der Waals surface area contributed by atoms with E-state index in [0.29, 0.717) is 19.7 Å². The van der Waals surface area contributed by atoms with Crippen LogP contribution in [0.2, 0.25) is 0 Å². The minimum atomic E-state index is -0.616. The van der Waals surface area contributed by atoms with Crippen molar-refractivity contribution in [3.05, 3.63) is 17.5 Å². The van der Waals surface area contributed by atoms with Gasteiger partial charge >= 0.3 is 0 Å². The van der Waals surface area contributed by atoms with Gasteiger partial charge in [0.15, 0.2) is 0 Å². The molecular weight excluding hydrogens is 220 g/mol. The number of hydrogen-bond donors (Lipinski definition) is 0. The van der Waals surface area contributed by atoms with Crippen LogP contribution in [-0.2, 0) is 22.5 Å². The van der Waals surface area contributed by atoms with Gasteiger partial charge in [0.1, 0.15) is 11.9 Å². The van der Waals surface area contributed by atoms with E-state index in [1.807, 2.05) is 11.8 Å². The molecule has 17 heavy (non-hydrogen) atoms. The van der Waals surface area contributed by atoms with Crippen molar-refractivity contribution in [3.8, 4) is 0 Å². The predicted molar refractivity (Wildman–Crippen MR) is 59.2 cm³/mol. The first-order valence-electron chi connectivity index (χ1n) is 6.04. The van der Waals surface area contributed by atoms with Crippen molar-refractivity contribution in [3.63, 3.8) is 0 Å². The molecule has 0 aliphatic carbocycles. The molecule has 2 aliphatic rings. The molecule has 2 aliphatic heterocycles. The third-order valence-corrected chi connectivity index (χ3v) is 3.67. The zero-order chi connectivity index (χ0) is 11.9. The number of rotatable bonds is 1. The van der Waals surface area contributed by atoms with Crippen LogP contribution in [0, 0.1) is 0 Å². The van der Waals surface area contributed by atoms with Gasteiger partial charge in [-0.3, -0.25) is 4.79 Å². The highest BCUT2D eigenvalue weighted by molar-refractivity contribution is 5.85. The van der Waals surface area contributed by atoms with E-state index in [-0.39, 0.29) is 5.91 Å². The van der Waals surface area contributed by atoms with Gasteiger partial charge in [-0.2, -0.15) is 0 Å². The molecule has 1 fully saturated rings. The minimum Gasteiger partial charge on any atom is -0.365 e. The summed E-state index contributed by atoms with van der Waals surface area (Å²) >= 11 is 0. The van der Waals surface area contributed by atoms with Crippen molar-refractivity contribution >= 4 is 5.91 Å². The normalized spacial score (nSPS) is 28.2. The Labute approximate surface area is 99.7 Å². The summed E-state index contributed by atoms with van der Waals surface area (Å²) in [5, 5.41) is 3.92. The Morgan fingerprint density at radius 2 is 2.47 bits per heavy atom.